The molecule has 1 aromatic rings. The number of nitrogens with one attached hydrogen (secondary N) is 1. The van der Waals surface area contributed by atoms with Crippen molar-refractivity contribution in [2.45, 2.75) is 20.0 Å². The van der Waals surface area contributed by atoms with Gasteiger partial charge >= 0.3 is 0 Å². The Bertz CT molecular complexity index is 301. The predicted molar refractivity (Wildman–Crippen MR) is 42.4 cm³/mol. The lowest BCUT2D eigenvalue weighted by molar-refractivity contribution is 0.198. The van der Waals surface area contributed by atoms with Crippen LogP contribution < -0.4 is 5.56 Å². The van der Waals surface area contributed by atoms with E-state index in [1.54, 1.807) is 19.9 Å². The Morgan fingerprint density at radius 2 is 2.18 bits per heavy atom. The van der Waals surface area contributed by atoms with Crippen molar-refractivity contribution >= 4 is 0 Å². The van der Waals surface area contributed by atoms with Gasteiger partial charge in [-0.15, -0.1) is 0 Å². The van der Waals surface area contributed by atoms with Crippen LogP contribution in [0.15, 0.2) is 16.9 Å². The van der Waals surface area contributed by atoms with E-state index in [-0.39, 0.29) is 5.56 Å². The largest absolute Gasteiger partial charge is 0.389 e. The molecule has 11 heavy (non-hydrogen) atoms. The number of H-pyrrole nitrogens is 1. The van der Waals surface area contributed by atoms with Crippen molar-refractivity contribution in [1.82, 2.24) is 4.98 Å². The minimum absolute atomic E-state index is 0.132. The van der Waals surface area contributed by atoms with Gasteiger partial charge in [0.05, 0.1) is 6.10 Å². The molecule has 1 aromatic heterocycles. The topological polar surface area (TPSA) is 53.1 Å². The van der Waals surface area contributed by atoms with Crippen molar-refractivity contribution in [1.29, 1.82) is 0 Å². The second kappa shape index (κ2) is 2.88. The Morgan fingerprint density at radius 3 is 2.64 bits per heavy atom. The third-order valence-electron chi connectivity index (χ3n) is 1.61. The van der Waals surface area contributed by atoms with Crippen LogP contribution in [0.2, 0.25) is 0 Å². The fraction of sp³-hybridized carbons (Fsp3) is 0.375. The SMILES string of the molecule is Cc1[nH]c(=O)ccc1[C@H](C)O. The van der Waals surface area contributed by atoms with E-state index in [0.29, 0.717) is 0 Å². The normalized spacial score (nSPS) is 13.0. The van der Waals surface area contributed by atoms with E-state index in [2.05, 4.69) is 4.98 Å². The summed E-state index contributed by atoms with van der Waals surface area (Å²) in [5, 5.41) is 9.17. The molecule has 3 heteroatoms. The van der Waals surface area contributed by atoms with Crippen LogP contribution in [0.4, 0.5) is 0 Å². The first kappa shape index (κ1) is 8.01. The lowest BCUT2D eigenvalue weighted by Gasteiger charge is -2.06. The minimum atomic E-state index is -0.521. The Morgan fingerprint density at radius 1 is 1.55 bits per heavy atom. The quantitative estimate of drug-likeness (QED) is 0.625. The highest BCUT2D eigenvalue weighted by atomic mass is 16.3. The number of hydrogen-bond donors (Lipinski definition) is 2. The highest BCUT2D eigenvalue weighted by molar-refractivity contribution is 5.20. The molecule has 0 bridgehead atoms. The highest BCUT2D eigenvalue weighted by Gasteiger charge is 2.03. The van der Waals surface area contributed by atoms with Crippen molar-refractivity contribution in [2.24, 2.45) is 0 Å². The Hall–Kier alpha value is -1.09. The first-order chi connectivity index (χ1) is 5.11. The Labute approximate surface area is 64.7 Å². The standard InChI is InChI=1S/C8H11NO2/c1-5-7(6(2)10)3-4-8(11)9-5/h3-4,6,10H,1-2H3,(H,9,11)/t6-/m0/s1. The van der Waals surface area contributed by atoms with Gasteiger partial charge in [-0.05, 0) is 25.5 Å². The van der Waals surface area contributed by atoms with E-state index in [1.807, 2.05) is 0 Å². The Kier molecular flexibility index (Phi) is 2.10. The molecule has 0 saturated carbocycles. The summed E-state index contributed by atoms with van der Waals surface area (Å²) in [6, 6.07) is 3.05. The van der Waals surface area contributed by atoms with Gasteiger partial charge in [-0.25, -0.2) is 0 Å². The molecule has 0 spiro atoms. The molecule has 1 atom stereocenters. The zero-order valence-corrected chi connectivity index (χ0v) is 6.59. The molecule has 0 aliphatic carbocycles. The van der Waals surface area contributed by atoms with E-state index >= 15 is 0 Å². The molecule has 0 aliphatic heterocycles. The van der Waals surface area contributed by atoms with E-state index in [9.17, 15) is 9.90 Å². The van der Waals surface area contributed by atoms with Crippen molar-refractivity contribution in [3.05, 3.63) is 33.7 Å². The third-order valence-corrected chi connectivity index (χ3v) is 1.61. The van der Waals surface area contributed by atoms with Gasteiger partial charge in [-0.2, -0.15) is 0 Å². The fourth-order valence-corrected chi connectivity index (χ4v) is 1.04. The molecule has 1 heterocycles. The number of aliphatic hydroxyl groups is 1. The van der Waals surface area contributed by atoms with E-state index in [1.165, 1.54) is 6.07 Å². The lowest BCUT2D eigenvalue weighted by atomic mass is 10.1. The van der Waals surface area contributed by atoms with Crippen LogP contribution in [-0.2, 0) is 0 Å². The van der Waals surface area contributed by atoms with Crippen LogP contribution in [0.1, 0.15) is 24.3 Å². The summed E-state index contributed by atoms with van der Waals surface area (Å²) in [6.45, 7) is 3.43. The van der Waals surface area contributed by atoms with Crippen LogP contribution in [-0.4, -0.2) is 10.1 Å². The molecule has 1 rings (SSSR count). The molecule has 60 valence electrons. The summed E-state index contributed by atoms with van der Waals surface area (Å²) in [5.41, 5.74) is 1.36. The summed E-state index contributed by atoms with van der Waals surface area (Å²) in [5.74, 6) is 0. The third kappa shape index (κ3) is 1.68. The lowest BCUT2D eigenvalue weighted by Crippen LogP contribution is -2.08. The molecular weight excluding hydrogens is 142 g/mol. The monoisotopic (exact) mass is 153 g/mol. The number of aromatic nitrogens is 1. The second-order valence-corrected chi connectivity index (χ2v) is 2.58. The van der Waals surface area contributed by atoms with Crippen molar-refractivity contribution in [3.63, 3.8) is 0 Å². The van der Waals surface area contributed by atoms with Gasteiger partial charge in [-0.3, -0.25) is 4.79 Å². The smallest absolute Gasteiger partial charge is 0.248 e. The van der Waals surface area contributed by atoms with Crippen molar-refractivity contribution in [3.8, 4) is 0 Å². The summed E-state index contributed by atoms with van der Waals surface area (Å²) in [4.78, 5) is 13.3. The number of rotatable bonds is 1. The maximum Gasteiger partial charge on any atom is 0.248 e. The Balaban J connectivity index is 3.20. The van der Waals surface area contributed by atoms with Crippen LogP contribution in [0, 0.1) is 6.92 Å². The van der Waals surface area contributed by atoms with Crippen LogP contribution in [0.5, 0.6) is 0 Å². The van der Waals surface area contributed by atoms with E-state index in [0.717, 1.165) is 11.3 Å². The summed E-state index contributed by atoms with van der Waals surface area (Å²) >= 11 is 0. The molecule has 0 unspecified atom stereocenters. The van der Waals surface area contributed by atoms with E-state index in [4.69, 9.17) is 0 Å². The number of aryl methyl sites for hydroxylation is 1. The van der Waals surface area contributed by atoms with Gasteiger partial charge in [0.25, 0.3) is 0 Å². The molecule has 0 amide bonds. The maximum atomic E-state index is 10.7. The molecule has 2 N–H and O–H groups in total. The van der Waals surface area contributed by atoms with Crippen LogP contribution >= 0.6 is 0 Å². The zero-order chi connectivity index (χ0) is 8.43. The van der Waals surface area contributed by atoms with Gasteiger partial charge in [-0.1, -0.05) is 0 Å². The fourth-order valence-electron chi connectivity index (χ4n) is 1.04. The molecule has 0 saturated heterocycles. The second-order valence-electron chi connectivity index (χ2n) is 2.58. The van der Waals surface area contributed by atoms with E-state index < -0.39 is 6.10 Å². The number of pyridine rings is 1. The minimum Gasteiger partial charge on any atom is -0.389 e. The molecular formula is C8H11NO2. The number of aliphatic hydroxyl groups excluding tert-OH is 1. The van der Waals surface area contributed by atoms with Gasteiger partial charge in [0.1, 0.15) is 0 Å². The zero-order valence-electron chi connectivity index (χ0n) is 6.59. The summed E-state index contributed by atoms with van der Waals surface area (Å²) < 4.78 is 0. The molecule has 3 nitrogen and oxygen atoms in total. The summed E-state index contributed by atoms with van der Waals surface area (Å²) in [7, 11) is 0. The molecule has 0 radical (unpaired) electrons. The molecule has 0 fully saturated rings. The highest BCUT2D eigenvalue weighted by Crippen LogP contribution is 2.11. The van der Waals surface area contributed by atoms with Gasteiger partial charge in [0, 0.05) is 11.8 Å². The van der Waals surface area contributed by atoms with Crippen molar-refractivity contribution in [2.75, 3.05) is 0 Å². The molecule has 0 aromatic carbocycles. The number of hydrogen-bond acceptors (Lipinski definition) is 2. The molecule has 0 aliphatic rings. The van der Waals surface area contributed by atoms with Crippen LogP contribution in [0.3, 0.4) is 0 Å². The van der Waals surface area contributed by atoms with Gasteiger partial charge < -0.3 is 10.1 Å². The van der Waals surface area contributed by atoms with Gasteiger partial charge in [0.15, 0.2) is 0 Å². The van der Waals surface area contributed by atoms with Gasteiger partial charge in [0.2, 0.25) is 5.56 Å². The van der Waals surface area contributed by atoms with Crippen LogP contribution in [0.25, 0.3) is 0 Å². The first-order valence-electron chi connectivity index (χ1n) is 3.49. The average molecular weight is 153 g/mol. The maximum absolute atomic E-state index is 10.7. The summed E-state index contributed by atoms with van der Waals surface area (Å²) in [6.07, 6.45) is -0.521. The van der Waals surface area contributed by atoms with Crippen molar-refractivity contribution < 1.29 is 5.11 Å². The predicted octanol–water partition coefficient (Wildman–Crippen LogP) is 0.737. The number of aromatic amines is 1. The average Bonchev–Trinajstić information content (AvgIpc) is 1.85. The first-order valence-corrected chi connectivity index (χ1v) is 3.49.